The van der Waals surface area contributed by atoms with E-state index in [9.17, 15) is 4.39 Å². The molecule has 1 fully saturated rings. The highest BCUT2D eigenvalue weighted by Gasteiger charge is 2.23. The van der Waals surface area contributed by atoms with Crippen LogP contribution in [0.15, 0.2) is 36.8 Å². The molecule has 3 aromatic heterocycles. The Bertz CT molecular complexity index is 1320. The molecule has 1 saturated heterocycles. The Kier molecular flexibility index (Phi) is 5.69. The molecule has 8 nitrogen and oxygen atoms in total. The summed E-state index contributed by atoms with van der Waals surface area (Å²) >= 11 is 12.4. The van der Waals surface area contributed by atoms with Crippen LogP contribution in [-0.2, 0) is 0 Å². The van der Waals surface area contributed by atoms with Gasteiger partial charge in [-0.2, -0.15) is 5.10 Å². The van der Waals surface area contributed by atoms with Gasteiger partial charge in [0.15, 0.2) is 29.4 Å². The number of benzene rings is 1. The fourth-order valence-electron chi connectivity index (χ4n) is 3.71. The Morgan fingerprint density at radius 3 is 2.52 bits per heavy atom. The topological polar surface area (TPSA) is 102 Å². The Labute approximate surface area is 198 Å². The number of hydrogen-bond donors (Lipinski definition) is 2. The average Bonchev–Trinajstić information content (AvgIpc) is 3.16. The Balaban J connectivity index is 1.53. The van der Waals surface area contributed by atoms with E-state index in [0.29, 0.717) is 45.0 Å². The van der Waals surface area contributed by atoms with E-state index < -0.39 is 12.0 Å². The van der Waals surface area contributed by atoms with E-state index in [-0.39, 0.29) is 10.0 Å². The maximum absolute atomic E-state index is 14.7. The number of rotatable bonds is 6. The molecule has 1 aromatic carbocycles. The first kappa shape index (κ1) is 21.7. The van der Waals surface area contributed by atoms with E-state index >= 15 is 0 Å². The standard InChI is InChI=1S/C22H19Cl2FN6O2/c1-32-17-7-16-12(6-18(17)33-21(26)19-13(23)9-27-10-14(19)24)20(30-29-16)11-5-15(25)22(28-8-11)31-3-2-4-31/h5-10,21H,2-4,26H2,1H3,(H,29,30)/t21-/m0/s1. The average molecular weight is 489 g/mol. The van der Waals surface area contributed by atoms with Crippen molar-refractivity contribution in [2.75, 3.05) is 25.1 Å². The van der Waals surface area contributed by atoms with Crippen LogP contribution in [0.25, 0.3) is 22.2 Å². The van der Waals surface area contributed by atoms with Gasteiger partial charge in [-0.15, -0.1) is 0 Å². The number of fused-ring (bicyclic) bond motifs is 1. The van der Waals surface area contributed by atoms with Gasteiger partial charge in [0, 0.05) is 54.3 Å². The van der Waals surface area contributed by atoms with E-state index in [1.165, 1.54) is 25.6 Å². The number of hydrogen-bond acceptors (Lipinski definition) is 7. The monoisotopic (exact) mass is 488 g/mol. The molecular weight excluding hydrogens is 470 g/mol. The number of methoxy groups -OCH3 is 1. The van der Waals surface area contributed by atoms with Crippen molar-refractivity contribution in [1.29, 1.82) is 0 Å². The molecule has 0 spiro atoms. The van der Waals surface area contributed by atoms with E-state index in [2.05, 4.69) is 20.2 Å². The van der Waals surface area contributed by atoms with Crippen LogP contribution in [0.5, 0.6) is 11.5 Å². The summed E-state index contributed by atoms with van der Waals surface area (Å²) in [6.45, 7) is 1.61. The molecule has 1 atom stereocenters. The SMILES string of the molecule is COc1cc2[nH]nc(-c3cnc(N4CCC4)c(F)c3)c2cc1O[C@H](N)c1c(Cl)cncc1Cl. The van der Waals surface area contributed by atoms with E-state index in [0.717, 1.165) is 19.5 Å². The Hall–Kier alpha value is -3.14. The minimum Gasteiger partial charge on any atom is -0.493 e. The zero-order chi connectivity index (χ0) is 23.1. The lowest BCUT2D eigenvalue weighted by Gasteiger charge is -2.32. The summed E-state index contributed by atoms with van der Waals surface area (Å²) in [4.78, 5) is 10.1. The van der Waals surface area contributed by atoms with Crippen molar-refractivity contribution in [3.63, 3.8) is 0 Å². The fraction of sp³-hybridized carbons (Fsp3) is 0.227. The zero-order valence-electron chi connectivity index (χ0n) is 17.5. The third-order valence-electron chi connectivity index (χ3n) is 5.53. The lowest BCUT2D eigenvalue weighted by molar-refractivity contribution is 0.204. The molecule has 0 unspecified atom stereocenters. The van der Waals surface area contributed by atoms with Crippen molar-refractivity contribution in [3.05, 3.63) is 58.2 Å². The molecular formula is C22H19Cl2FN6O2. The van der Waals surface area contributed by atoms with Gasteiger partial charge in [0.25, 0.3) is 0 Å². The molecule has 3 N–H and O–H groups in total. The summed E-state index contributed by atoms with van der Waals surface area (Å²) in [5.41, 5.74) is 8.37. The van der Waals surface area contributed by atoms with Gasteiger partial charge >= 0.3 is 0 Å². The quantitative estimate of drug-likeness (QED) is 0.378. The third kappa shape index (κ3) is 3.92. The zero-order valence-corrected chi connectivity index (χ0v) is 19.0. The van der Waals surface area contributed by atoms with Crippen molar-refractivity contribution in [2.24, 2.45) is 5.73 Å². The molecule has 4 aromatic rings. The summed E-state index contributed by atoms with van der Waals surface area (Å²) in [6.07, 6.45) is 4.54. The number of aromatic amines is 1. The maximum Gasteiger partial charge on any atom is 0.177 e. The Morgan fingerprint density at radius 2 is 1.88 bits per heavy atom. The van der Waals surface area contributed by atoms with E-state index in [1.807, 2.05) is 4.90 Å². The number of ether oxygens (including phenoxy) is 2. The summed E-state index contributed by atoms with van der Waals surface area (Å²) in [5.74, 6) is 0.728. The number of H-pyrrole nitrogens is 1. The van der Waals surface area contributed by atoms with Gasteiger partial charge in [-0.25, -0.2) is 9.37 Å². The molecule has 0 aliphatic carbocycles. The Morgan fingerprint density at radius 1 is 1.12 bits per heavy atom. The predicted molar refractivity (Wildman–Crippen MR) is 124 cm³/mol. The highest BCUT2D eigenvalue weighted by atomic mass is 35.5. The van der Waals surface area contributed by atoms with E-state index in [1.54, 1.807) is 18.3 Å². The van der Waals surface area contributed by atoms with Crippen LogP contribution in [0, 0.1) is 5.82 Å². The van der Waals surface area contributed by atoms with E-state index in [4.69, 9.17) is 38.4 Å². The fourth-order valence-corrected chi connectivity index (χ4v) is 4.29. The highest BCUT2D eigenvalue weighted by Crippen LogP contribution is 2.39. The van der Waals surface area contributed by atoms with Crippen molar-refractivity contribution < 1.29 is 13.9 Å². The molecule has 4 heterocycles. The summed E-state index contributed by atoms with van der Waals surface area (Å²) in [6, 6.07) is 4.88. The summed E-state index contributed by atoms with van der Waals surface area (Å²) in [7, 11) is 1.51. The number of nitrogens with one attached hydrogen (secondary N) is 1. The van der Waals surface area contributed by atoms with Crippen LogP contribution >= 0.6 is 23.2 Å². The van der Waals surface area contributed by atoms with Gasteiger partial charge in [-0.05, 0) is 18.6 Å². The molecule has 33 heavy (non-hydrogen) atoms. The van der Waals surface area contributed by atoms with Gasteiger partial charge in [-0.1, -0.05) is 23.2 Å². The molecule has 1 aliphatic rings. The van der Waals surface area contributed by atoms with Gasteiger partial charge in [-0.3, -0.25) is 15.8 Å². The van der Waals surface area contributed by atoms with Crippen LogP contribution in [0.3, 0.4) is 0 Å². The second kappa shape index (κ2) is 8.66. The normalized spacial score (nSPS) is 14.3. The lowest BCUT2D eigenvalue weighted by Crippen LogP contribution is -2.38. The van der Waals surface area contributed by atoms with Gasteiger partial charge < -0.3 is 14.4 Å². The van der Waals surface area contributed by atoms with Crippen LogP contribution in [-0.4, -0.2) is 40.4 Å². The molecule has 0 radical (unpaired) electrons. The molecule has 0 saturated carbocycles. The first-order valence-corrected chi connectivity index (χ1v) is 10.9. The van der Waals surface area contributed by atoms with Crippen LogP contribution in [0.1, 0.15) is 18.2 Å². The smallest absolute Gasteiger partial charge is 0.177 e. The minimum atomic E-state index is -0.982. The predicted octanol–water partition coefficient (Wildman–Crippen LogP) is 4.72. The van der Waals surface area contributed by atoms with Crippen molar-refractivity contribution in [2.45, 2.75) is 12.6 Å². The van der Waals surface area contributed by atoms with Gasteiger partial charge in [0.1, 0.15) is 5.69 Å². The molecule has 0 bridgehead atoms. The van der Waals surface area contributed by atoms with Crippen molar-refractivity contribution in [3.8, 4) is 22.8 Å². The molecule has 170 valence electrons. The molecule has 1 aliphatic heterocycles. The van der Waals surface area contributed by atoms with Crippen molar-refractivity contribution in [1.82, 2.24) is 20.2 Å². The van der Waals surface area contributed by atoms with Crippen LogP contribution in [0.2, 0.25) is 10.0 Å². The highest BCUT2D eigenvalue weighted by molar-refractivity contribution is 6.35. The largest absolute Gasteiger partial charge is 0.493 e. The second-order valence-corrected chi connectivity index (χ2v) is 8.36. The summed E-state index contributed by atoms with van der Waals surface area (Å²) in [5, 5.41) is 8.55. The number of nitrogens with two attached hydrogens (primary N) is 1. The first-order chi connectivity index (χ1) is 16.0. The van der Waals surface area contributed by atoms with Crippen molar-refractivity contribution >= 4 is 39.9 Å². The number of nitrogens with zero attached hydrogens (tertiary/aromatic N) is 4. The number of halogens is 3. The van der Waals surface area contributed by atoms with Crippen LogP contribution in [0.4, 0.5) is 10.2 Å². The molecule has 5 rings (SSSR count). The van der Waals surface area contributed by atoms with Gasteiger partial charge in [0.2, 0.25) is 0 Å². The number of pyridine rings is 2. The molecule has 11 heteroatoms. The van der Waals surface area contributed by atoms with Crippen LogP contribution < -0.4 is 20.1 Å². The second-order valence-electron chi connectivity index (χ2n) is 7.55. The number of anilines is 1. The third-order valence-corrected chi connectivity index (χ3v) is 6.13. The first-order valence-electron chi connectivity index (χ1n) is 10.1. The minimum absolute atomic E-state index is 0.280. The van der Waals surface area contributed by atoms with Gasteiger partial charge in [0.05, 0.1) is 22.7 Å². The maximum atomic E-state index is 14.7. The summed E-state index contributed by atoms with van der Waals surface area (Å²) < 4.78 is 26.1. The lowest BCUT2D eigenvalue weighted by atomic mass is 10.1. The number of aromatic nitrogens is 4. The molecule has 0 amide bonds.